The van der Waals surface area contributed by atoms with Crippen molar-refractivity contribution in [3.05, 3.63) is 35.4 Å². The van der Waals surface area contributed by atoms with Gasteiger partial charge in [0.1, 0.15) is 0 Å². The van der Waals surface area contributed by atoms with E-state index in [4.69, 9.17) is 0 Å². The van der Waals surface area contributed by atoms with Crippen LogP contribution in [0.3, 0.4) is 0 Å². The number of aliphatic hydroxyl groups is 1. The standard InChI is InChI=1S/C15H17F3O3S/c16-15(17,18)11-3-1-10(2-4-11)7-14(19)8-12-5-6-13(9-14)22(12,20)21/h1-4,12-13,19H,5-9H2. The first-order valence-corrected chi connectivity index (χ1v) is 8.82. The fourth-order valence-electron chi connectivity index (χ4n) is 3.68. The highest BCUT2D eigenvalue weighted by molar-refractivity contribution is 7.93. The van der Waals surface area contributed by atoms with E-state index in [1.807, 2.05) is 0 Å². The van der Waals surface area contributed by atoms with E-state index in [1.165, 1.54) is 12.1 Å². The summed E-state index contributed by atoms with van der Waals surface area (Å²) in [6.45, 7) is 0. The number of fused-ring (bicyclic) bond motifs is 2. The Balaban J connectivity index is 1.76. The quantitative estimate of drug-likeness (QED) is 0.905. The van der Waals surface area contributed by atoms with Crippen LogP contribution in [0.4, 0.5) is 13.2 Å². The van der Waals surface area contributed by atoms with E-state index in [9.17, 15) is 26.7 Å². The molecule has 2 atom stereocenters. The second kappa shape index (κ2) is 4.96. The maximum absolute atomic E-state index is 12.5. The monoisotopic (exact) mass is 334 g/mol. The fraction of sp³-hybridized carbons (Fsp3) is 0.600. The van der Waals surface area contributed by atoms with Gasteiger partial charge in [0.25, 0.3) is 0 Å². The van der Waals surface area contributed by atoms with Crippen LogP contribution in [0.1, 0.15) is 36.8 Å². The van der Waals surface area contributed by atoms with Gasteiger partial charge in [-0.1, -0.05) is 12.1 Å². The van der Waals surface area contributed by atoms with Crippen molar-refractivity contribution in [2.45, 2.75) is 54.4 Å². The highest BCUT2D eigenvalue weighted by atomic mass is 32.2. The van der Waals surface area contributed by atoms with Gasteiger partial charge in [-0.25, -0.2) is 8.42 Å². The lowest BCUT2D eigenvalue weighted by Gasteiger charge is -2.36. The van der Waals surface area contributed by atoms with Crippen LogP contribution in [0.25, 0.3) is 0 Å². The first kappa shape index (κ1) is 15.8. The van der Waals surface area contributed by atoms with E-state index in [2.05, 4.69) is 0 Å². The Morgan fingerprint density at radius 3 is 2.05 bits per heavy atom. The zero-order chi connectivity index (χ0) is 16.2. The molecule has 1 aromatic carbocycles. The van der Waals surface area contributed by atoms with Gasteiger partial charge in [0.15, 0.2) is 9.84 Å². The molecule has 0 saturated carbocycles. The molecule has 1 aromatic rings. The lowest BCUT2D eigenvalue weighted by molar-refractivity contribution is -0.137. The Kier molecular flexibility index (Phi) is 3.56. The number of benzene rings is 1. The summed E-state index contributed by atoms with van der Waals surface area (Å²) in [6.07, 6.45) is -2.70. The molecule has 0 aliphatic carbocycles. The molecule has 0 spiro atoms. The normalized spacial score (nSPS) is 33.8. The third kappa shape index (κ3) is 2.76. The van der Waals surface area contributed by atoms with Crippen molar-refractivity contribution < 1.29 is 26.7 Å². The molecule has 2 bridgehead atoms. The molecular formula is C15H17F3O3S. The Morgan fingerprint density at radius 2 is 1.59 bits per heavy atom. The summed E-state index contributed by atoms with van der Waals surface area (Å²) in [5, 5.41) is 9.66. The summed E-state index contributed by atoms with van der Waals surface area (Å²) >= 11 is 0. The van der Waals surface area contributed by atoms with Crippen LogP contribution in [0.15, 0.2) is 24.3 Å². The summed E-state index contributed by atoms with van der Waals surface area (Å²) < 4.78 is 61.7. The number of hydrogen-bond acceptors (Lipinski definition) is 3. The molecule has 3 nitrogen and oxygen atoms in total. The van der Waals surface area contributed by atoms with Crippen LogP contribution in [0, 0.1) is 0 Å². The average molecular weight is 334 g/mol. The molecule has 2 heterocycles. The second-order valence-electron chi connectivity index (χ2n) is 6.41. The van der Waals surface area contributed by atoms with Crippen LogP contribution < -0.4 is 0 Å². The molecule has 22 heavy (non-hydrogen) atoms. The van der Waals surface area contributed by atoms with Gasteiger partial charge in [-0.3, -0.25) is 0 Å². The van der Waals surface area contributed by atoms with Gasteiger partial charge in [0, 0.05) is 6.42 Å². The third-order valence-electron chi connectivity index (χ3n) is 4.77. The Hall–Kier alpha value is -1.08. The number of sulfone groups is 1. The molecule has 0 radical (unpaired) electrons. The predicted octanol–water partition coefficient (Wildman–Crippen LogP) is 2.72. The SMILES string of the molecule is O=S1(=O)C2CCC1CC(O)(Cc1ccc(C(F)(F)F)cc1)C2. The molecule has 2 fully saturated rings. The molecule has 2 aliphatic rings. The molecular weight excluding hydrogens is 317 g/mol. The third-order valence-corrected chi connectivity index (χ3v) is 7.43. The van der Waals surface area contributed by atoms with E-state index in [0.29, 0.717) is 18.4 Å². The summed E-state index contributed by atoms with van der Waals surface area (Å²) in [4.78, 5) is 0. The maximum Gasteiger partial charge on any atom is 0.416 e. The van der Waals surface area contributed by atoms with E-state index in [1.54, 1.807) is 0 Å². The Labute approximate surface area is 127 Å². The fourth-order valence-corrected chi connectivity index (χ4v) is 6.23. The van der Waals surface area contributed by atoms with Crippen LogP contribution in [0.5, 0.6) is 0 Å². The van der Waals surface area contributed by atoms with E-state index < -0.39 is 37.7 Å². The molecule has 3 rings (SSSR count). The van der Waals surface area contributed by atoms with E-state index >= 15 is 0 Å². The van der Waals surface area contributed by atoms with Gasteiger partial charge < -0.3 is 5.11 Å². The summed E-state index contributed by atoms with van der Waals surface area (Å²) in [7, 11) is -3.13. The van der Waals surface area contributed by atoms with Gasteiger partial charge in [-0.05, 0) is 43.4 Å². The van der Waals surface area contributed by atoms with Crippen molar-refractivity contribution in [3.8, 4) is 0 Å². The van der Waals surface area contributed by atoms with Crippen LogP contribution >= 0.6 is 0 Å². The van der Waals surface area contributed by atoms with Crippen LogP contribution in [-0.2, 0) is 22.4 Å². The van der Waals surface area contributed by atoms with Gasteiger partial charge in [-0.15, -0.1) is 0 Å². The van der Waals surface area contributed by atoms with Gasteiger partial charge >= 0.3 is 6.18 Å². The first-order chi connectivity index (χ1) is 10.1. The highest BCUT2D eigenvalue weighted by Crippen LogP contribution is 2.44. The van der Waals surface area contributed by atoms with Crippen molar-refractivity contribution in [3.63, 3.8) is 0 Å². The minimum Gasteiger partial charge on any atom is -0.389 e. The number of hydrogen-bond donors (Lipinski definition) is 1. The van der Waals surface area contributed by atoms with Crippen molar-refractivity contribution in [1.29, 1.82) is 0 Å². The van der Waals surface area contributed by atoms with Gasteiger partial charge in [0.2, 0.25) is 0 Å². The largest absolute Gasteiger partial charge is 0.416 e. The van der Waals surface area contributed by atoms with Crippen LogP contribution in [0.2, 0.25) is 0 Å². The van der Waals surface area contributed by atoms with Gasteiger partial charge in [0.05, 0.1) is 21.7 Å². The molecule has 1 N–H and O–H groups in total. The zero-order valence-electron chi connectivity index (χ0n) is 11.8. The molecule has 2 aliphatic heterocycles. The molecule has 0 aromatic heterocycles. The van der Waals surface area contributed by atoms with Crippen molar-refractivity contribution >= 4 is 9.84 Å². The summed E-state index contributed by atoms with van der Waals surface area (Å²) in [5.74, 6) is 0. The topological polar surface area (TPSA) is 54.4 Å². The zero-order valence-corrected chi connectivity index (χ0v) is 12.6. The predicted molar refractivity (Wildman–Crippen MR) is 75.1 cm³/mol. The molecule has 2 saturated heterocycles. The Morgan fingerprint density at radius 1 is 1.09 bits per heavy atom. The van der Waals surface area contributed by atoms with E-state index in [-0.39, 0.29) is 19.3 Å². The Bertz CT molecular complexity index is 644. The van der Waals surface area contributed by atoms with E-state index in [0.717, 1.165) is 12.1 Å². The van der Waals surface area contributed by atoms with Crippen LogP contribution in [-0.4, -0.2) is 29.6 Å². The highest BCUT2D eigenvalue weighted by Gasteiger charge is 2.52. The summed E-state index contributed by atoms with van der Waals surface area (Å²) in [5.41, 5.74) is -1.28. The lowest BCUT2D eigenvalue weighted by atomic mass is 9.86. The summed E-state index contributed by atoms with van der Waals surface area (Å²) in [6, 6.07) is 4.69. The average Bonchev–Trinajstić information content (AvgIpc) is 2.59. The maximum atomic E-state index is 12.5. The number of rotatable bonds is 2. The first-order valence-electron chi connectivity index (χ1n) is 7.21. The minimum atomic E-state index is -4.38. The molecule has 7 heteroatoms. The van der Waals surface area contributed by atoms with Crippen molar-refractivity contribution in [1.82, 2.24) is 0 Å². The molecule has 0 amide bonds. The number of halogens is 3. The minimum absolute atomic E-state index is 0.173. The molecule has 2 unspecified atom stereocenters. The smallest absolute Gasteiger partial charge is 0.389 e. The van der Waals surface area contributed by atoms with Gasteiger partial charge in [-0.2, -0.15) is 13.2 Å². The second-order valence-corrected chi connectivity index (χ2v) is 8.93. The van der Waals surface area contributed by atoms with Crippen molar-refractivity contribution in [2.75, 3.05) is 0 Å². The number of alkyl halides is 3. The molecule has 122 valence electrons. The van der Waals surface area contributed by atoms with Crippen molar-refractivity contribution in [2.24, 2.45) is 0 Å². The lowest BCUT2D eigenvalue weighted by Crippen LogP contribution is -2.46.